The normalized spacial score (nSPS) is 35.1. The van der Waals surface area contributed by atoms with Crippen LogP contribution in [0.3, 0.4) is 0 Å². The van der Waals surface area contributed by atoms with E-state index in [2.05, 4.69) is 0 Å². The van der Waals surface area contributed by atoms with Gasteiger partial charge in [0.15, 0.2) is 0 Å². The lowest BCUT2D eigenvalue weighted by atomic mass is 9.98. The first-order valence-electron chi connectivity index (χ1n) is 5.86. The van der Waals surface area contributed by atoms with Crippen molar-refractivity contribution >= 4 is 0 Å². The standard InChI is InChI=1S/C12H17NO6/c13-9-11(17)10(16)8(5-14)19-12(9)18-7-3-1-6(15)2-4-7/h1-4,8-12,14-17H,5,13H2/t8-,9-,10-,11-,12-/m1/s1. The quantitative estimate of drug-likeness (QED) is 0.455. The van der Waals surface area contributed by atoms with Crippen LogP contribution in [-0.4, -0.2) is 57.7 Å². The van der Waals surface area contributed by atoms with Crippen LogP contribution in [0.2, 0.25) is 0 Å². The average molecular weight is 271 g/mol. The number of aliphatic hydroxyl groups excluding tert-OH is 3. The Bertz CT molecular complexity index is 409. The van der Waals surface area contributed by atoms with Gasteiger partial charge in [0.05, 0.1) is 12.6 Å². The van der Waals surface area contributed by atoms with Gasteiger partial charge in [0.1, 0.15) is 29.8 Å². The SMILES string of the molecule is N[C@H]1[C@H](Oc2ccc(O)cc2)O[C@H](CO)[C@@H](O)[C@@H]1O. The van der Waals surface area contributed by atoms with Gasteiger partial charge in [0.2, 0.25) is 6.29 Å². The Hall–Kier alpha value is -1.38. The van der Waals surface area contributed by atoms with E-state index in [-0.39, 0.29) is 5.75 Å². The second-order valence-electron chi connectivity index (χ2n) is 4.40. The summed E-state index contributed by atoms with van der Waals surface area (Å²) in [5, 5.41) is 37.6. The van der Waals surface area contributed by atoms with Gasteiger partial charge >= 0.3 is 0 Å². The predicted octanol–water partition coefficient (Wildman–Crippen LogP) is -1.46. The number of phenolic OH excluding ortho intramolecular Hbond substituents is 1. The third-order valence-electron chi connectivity index (χ3n) is 3.02. The van der Waals surface area contributed by atoms with Crippen molar-refractivity contribution in [2.75, 3.05) is 6.61 Å². The highest BCUT2D eigenvalue weighted by molar-refractivity contribution is 5.30. The minimum Gasteiger partial charge on any atom is -0.508 e. The van der Waals surface area contributed by atoms with Crippen molar-refractivity contribution in [3.05, 3.63) is 24.3 Å². The lowest BCUT2D eigenvalue weighted by Gasteiger charge is -2.40. The summed E-state index contributed by atoms with van der Waals surface area (Å²) in [6, 6.07) is 4.93. The van der Waals surface area contributed by atoms with Crippen molar-refractivity contribution in [3.63, 3.8) is 0 Å². The summed E-state index contributed by atoms with van der Waals surface area (Å²) in [5.74, 6) is 0.475. The lowest BCUT2D eigenvalue weighted by molar-refractivity contribution is -0.239. The van der Waals surface area contributed by atoms with Gasteiger partial charge in [-0.1, -0.05) is 0 Å². The summed E-state index contributed by atoms with van der Waals surface area (Å²) in [6.45, 7) is -0.458. The molecule has 1 aromatic rings. The van der Waals surface area contributed by atoms with E-state index in [9.17, 15) is 10.2 Å². The Balaban J connectivity index is 2.08. The van der Waals surface area contributed by atoms with Crippen molar-refractivity contribution in [3.8, 4) is 11.5 Å². The molecule has 0 saturated carbocycles. The Morgan fingerprint density at radius 3 is 2.37 bits per heavy atom. The molecule has 1 aliphatic heterocycles. The molecule has 7 heteroatoms. The summed E-state index contributed by atoms with van der Waals surface area (Å²) < 4.78 is 10.7. The molecule has 0 unspecified atom stereocenters. The smallest absolute Gasteiger partial charge is 0.218 e. The fraction of sp³-hybridized carbons (Fsp3) is 0.500. The molecule has 0 spiro atoms. The molecule has 2 rings (SSSR count). The van der Waals surface area contributed by atoms with Crippen LogP contribution in [0.4, 0.5) is 0 Å². The number of nitrogens with two attached hydrogens (primary N) is 1. The number of phenols is 1. The van der Waals surface area contributed by atoms with Gasteiger partial charge in [0.25, 0.3) is 0 Å². The summed E-state index contributed by atoms with van der Waals surface area (Å²) in [4.78, 5) is 0. The highest BCUT2D eigenvalue weighted by atomic mass is 16.7. The number of benzene rings is 1. The molecule has 0 aromatic heterocycles. The fourth-order valence-corrected chi connectivity index (χ4v) is 1.87. The molecule has 19 heavy (non-hydrogen) atoms. The van der Waals surface area contributed by atoms with Crippen LogP contribution in [0, 0.1) is 0 Å². The lowest BCUT2D eigenvalue weighted by Crippen LogP contribution is -2.63. The average Bonchev–Trinajstić information content (AvgIpc) is 2.42. The summed E-state index contributed by atoms with van der Waals surface area (Å²) in [5.41, 5.74) is 5.72. The number of hydrogen-bond acceptors (Lipinski definition) is 7. The molecule has 0 bridgehead atoms. The summed E-state index contributed by atoms with van der Waals surface area (Å²) in [6.07, 6.45) is -4.48. The molecule has 106 valence electrons. The first-order chi connectivity index (χ1) is 9.02. The third kappa shape index (κ3) is 2.96. The summed E-state index contributed by atoms with van der Waals surface area (Å²) in [7, 11) is 0. The predicted molar refractivity (Wildman–Crippen MR) is 64.5 cm³/mol. The maximum Gasteiger partial charge on any atom is 0.218 e. The maximum atomic E-state index is 9.75. The van der Waals surface area contributed by atoms with Gasteiger partial charge in [-0.25, -0.2) is 0 Å². The van der Waals surface area contributed by atoms with E-state index in [1.807, 2.05) is 0 Å². The molecule has 7 nitrogen and oxygen atoms in total. The van der Waals surface area contributed by atoms with Crippen LogP contribution >= 0.6 is 0 Å². The van der Waals surface area contributed by atoms with Crippen molar-refractivity contribution in [1.29, 1.82) is 0 Å². The second kappa shape index (κ2) is 5.72. The van der Waals surface area contributed by atoms with Crippen LogP contribution in [0.15, 0.2) is 24.3 Å². The second-order valence-corrected chi connectivity index (χ2v) is 4.40. The van der Waals surface area contributed by atoms with Crippen LogP contribution in [0.1, 0.15) is 0 Å². The van der Waals surface area contributed by atoms with Crippen molar-refractivity contribution in [1.82, 2.24) is 0 Å². The molecule has 1 heterocycles. The molecule has 6 N–H and O–H groups in total. The first-order valence-corrected chi connectivity index (χ1v) is 5.86. The molecular weight excluding hydrogens is 254 g/mol. The highest BCUT2D eigenvalue weighted by Crippen LogP contribution is 2.24. The van der Waals surface area contributed by atoms with Crippen LogP contribution in [-0.2, 0) is 4.74 Å². The van der Waals surface area contributed by atoms with Gasteiger partial charge in [-0.05, 0) is 24.3 Å². The van der Waals surface area contributed by atoms with E-state index in [1.54, 1.807) is 0 Å². The van der Waals surface area contributed by atoms with Gasteiger partial charge in [-0.15, -0.1) is 0 Å². The van der Waals surface area contributed by atoms with E-state index >= 15 is 0 Å². The molecule has 0 amide bonds. The number of rotatable bonds is 3. The molecule has 1 fully saturated rings. The minimum atomic E-state index is -1.26. The highest BCUT2D eigenvalue weighted by Gasteiger charge is 2.43. The van der Waals surface area contributed by atoms with E-state index in [0.29, 0.717) is 5.75 Å². The van der Waals surface area contributed by atoms with Crippen LogP contribution in [0.25, 0.3) is 0 Å². The van der Waals surface area contributed by atoms with Crippen LogP contribution in [0.5, 0.6) is 11.5 Å². The number of aliphatic hydroxyl groups is 3. The third-order valence-corrected chi connectivity index (χ3v) is 3.02. The van der Waals surface area contributed by atoms with Gasteiger partial charge in [0, 0.05) is 0 Å². The number of ether oxygens (including phenoxy) is 2. The fourth-order valence-electron chi connectivity index (χ4n) is 1.87. The maximum absolute atomic E-state index is 9.75. The van der Waals surface area contributed by atoms with Gasteiger partial charge in [-0.2, -0.15) is 0 Å². The number of hydrogen-bond donors (Lipinski definition) is 5. The van der Waals surface area contributed by atoms with Gasteiger partial charge in [-0.3, -0.25) is 0 Å². The van der Waals surface area contributed by atoms with Gasteiger partial charge < -0.3 is 35.6 Å². The minimum absolute atomic E-state index is 0.0879. The number of aromatic hydroxyl groups is 1. The van der Waals surface area contributed by atoms with Crippen LogP contribution < -0.4 is 10.5 Å². The van der Waals surface area contributed by atoms with Crippen molar-refractivity contribution in [2.24, 2.45) is 5.73 Å². The molecular formula is C12H17NO6. The van der Waals surface area contributed by atoms with E-state index in [1.165, 1.54) is 24.3 Å². The Labute approximate surface area is 109 Å². The molecule has 1 aliphatic rings. The molecule has 1 aromatic carbocycles. The summed E-state index contributed by atoms with van der Waals surface area (Å²) >= 11 is 0. The molecule has 5 atom stereocenters. The van der Waals surface area contributed by atoms with E-state index < -0.39 is 37.3 Å². The Morgan fingerprint density at radius 2 is 1.79 bits per heavy atom. The van der Waals surface area contributed by atoms with Crippen molar-refractivity contribution < 1.29 is 29.9 Å². The Kier molecular flexibility index (Phi) is 4.23. The first kappa shape index (κ1) is 14.0. The zero-order valence-electron chi connectivity index (χ0n) is 10.1. The topological polar surface area (TPSA) is 125 Å². The monoisotopic (exact) mass is 271 g/mol. The zero-order valence-corrected chi connectivity index (χ0v) is 10.1. The molecule has 0 radical (unpaired) electrons. The zero-order chi connectivity index (χ0) is 14.0. The van der Waals surface area contributed by atoms with Crippen molar-refractivity contribution in [2.45, 2.75) is 30.6 Å². The molecule has 0 aliphatic carbocycles. The largest absolute Gasteiger partial charge is 0.508 e. The van der Waals surface area contributed by atoms with E-state index in [0.717, 1.165) is 0 Å². The Morgan fingerprint density at radius 1 is 1.16 bits per heavy atom. The van der Waals surface area contributed by atoms with E-state index in [4.69, 9.17) is 25.4 Å². The molecule has 1 saturated heterocycles.